The van der Waals surface area contributed by atoms with Gasteiger partial charge in [0.25, 0.3) is 0 Å². The molecule has 62 heavy (non-hydrogen) atoms. The van der Waals surface area contributed by atoms with Gasteiger partial charge in [-0.2, -0.15) is 0 Å². The third kappa shape index (κ3) is 15.0. The highest BCUT2D eigenvalue weighted by atomic mass is 16.5. The molecule has 1 heterocycles. The first-order chi connectivity index (χ1) is 29.1. The van der Waals surface area contributed by atoms with Gasteiger partial charge in [0, 0.05) is 54.2 Å². The van der Waals surface area contributed by atoms with Crippen LogP contribution in [-0.2, 0) is 38.2 Å². The number of nitrogens with zero attached hydrogens (tertiary/aromatic N) is 3. The average molecular weight is 873 g/mol. The minimum absolute atomic E-state index is 0.00272. The number of carbonyl (C=O) groups excluding carboxylic acids is 6. The fourth-order valence-corrected chi connectivity index (χ4v) is 8.54. The van der Waals surface area contributed by atoms with Crippen molar-refractivity contribution in [2.45, 2.75) is 156 Å². The molecule has 0 unspecified atom stereocenters. The first kappa shape index (κ1) is 54.1. The zero-order chi connectivity index (χ0) is 47.0. The van der Waals surface area contributed by atoms with Crippen LogP contribution in [0.25, 0.3) is 0 Å². The smallest absolute Gasteiger partial charge is 0.245 e. The lowest BCUT2D eigenvalue weighted by molar-refractivity contribution is -0.148. The van der Waals surface area contributed by atoms with E-state index >= 15 is 0 Å². The van der Waals surface area contributed by atoms with E-state index in [0.717, 1.165) is 6.42 Å². The summed E-state index contributed by atoms with van der Waals surface area (Å²) in [6.07, 6.45) is -0.283. The largest absolute Gasteiger partial charge is 0.386 e. The first-order valence-corrected chi connectivity index (χ1v) is 22.6. The predicted molar refractivity (Wildman–Crippen MR) is 240 cm³/mol. The number of ether oxygens (including phenoxy) is 2. The van der Waals surface area contributed by atoms with Crippen LogP contribution in [0.1, 0.15) is 119 Å². The molecule has 15 nitrogen and oxygen atoms in total. The second-order valence-corrected chi connectivity index (χ2v) is 18.4. The molecular weight excluding hydrogens is 793 g/mol. The summed E-state index contributed by atoms with van der Waals surface area (Å²) in [5, 5.41) is 19.6. The van der Waals surface area contributed by atoms with E-state index in [2.05, 4.69) is 16.0 Å². The number of hydrogen-bond acceptors (Lipinski definition) is 9. The van der Waals surface area contributed by atoms with Gasteiger partial charge in [-0.3, -0.25) is 28.8 Å². The van der Waals surface area contributed by atoms with Crippen molar-refractivity contribution >= 4 is 35.4 Å². The molecule has 1 aliphatic rings. The number of aliphatic hydroxyl groups excluding tert-OH is 1. The van der Waals surface area contributed by atoms with Gasteiger partial charge < -0.3 is 45.2 Å². The molecule has 1 saturated heterocycles. The Bertz CT molecular complexity index is 1590. The summed E-state index contributed by atoms with van der Waals surface area (Å²) in [6.45, 7) is 19.8. The molecule has 352 valence electrons. The molecule has 4 N–H and O–H groups in total. The minimum atomic E-state index is -0.951. The Morgan fingerprint density at radius 2 is 1.47 bits per heavy atom. The Hall–Kier alpha value is -4.08. The lowest BCUT2D eigenvalue weighted by Crippen LogP contribution is -2.60. The highest BCUT2D eigenvalue weighted by Crippen LogP contribution is 2.30. The second-order valence-electron chi connectivity index (χ2n) is 18.4. The van der Waals surface area contributed by atoms with Gasteiger partial charge in [0.05, 0.1) is 48.8 Å². The van der Waals surface area contributed by atoms with Crippen molar-refractivity contribution in [1.29, 1.82) is 0 Å². The molecule has 15 heteroatoms. The Balaban J connectivity index is 2.25. The van der Waals surface area contributed by atoms with E-state index in [1.165, 1.54) is 19.1 Å². The standard InChI is InChI=1S/C47H80N6O9/c1-15-31(8)42(52(12)47(60)40(29(4)5)50-46(59)41(30(6)7)51(11)38(55)24-23-37(54)48-27-28(2)3)36(61-13)26-39(56)53-25-19-22-35(53)44(62-14)32(9)45(58)49-33(10)43(57)34-20-17-16-18-21-34/h16-18,20-21,28-33,35-36,40-44,57H,15,19,22-27H2,1-14H3,(H,48,54)(H,49,58)(H,50,59)/t31-,32+,33+,35-,36+,40-,41-,42-,43+,44+/m0/s1. The van der Waals surface area contributed by atoms with Gasteiger partial charge in [0.1, 0.15) is 12.1 Å². The maximum Gasteiger partial charge on any atom is 0.245 e. The van der Waals surface area contributed by atoms with E-state index in [1.54, 1.807) is 49.9 Å². The summed E-state index contributed by atoms with van der Waals surface area (Å²) < 4.78 is 12.0. The SMILES string of the molecule is CC[C@H](C)[C@@H]([C@@H](CC(=O)N1CCC[C@H]1[C@H](OC)[C@@H](C)C(=O)N[C@H](C)[C@@H](O)c1ccccc1)OC)N(C)C(=O)[C@@H](NC(=O)[C@H](C(C)C)N(C)C(=O)CCC(=O)NCC(C)C)C(C)C. The summed E-state index contributed by atoms with van der Waals surface area (Å²) in [6, 6.07) is 5.79. The molecule has 1 aromatic rings. The monoisotopic (exact) mass is 873 g/mol. The van der Waals surface area contributed by atoms with Gasteiger partial charge >= 0.3 is 0 Å². The molecule has 0 bridgehead atoms. The van der Waals surface area contributed by atoms with E-state index in [9.17, 15) is 33.9 Å². The van der Waals surface area contributed by atoms with Crippen molar-refractivity contribution in [3.8, 4) is 0 Å². The Labute approximate surface area is 371 Å². The van der Waals surface area contributed by atoms with Gasteiger partial charge in [0.2, 0.25) is 35.4 Å². The van der Waals surface area contributed by atoms with E-state index in [1.807, 2.05) is 73.6 Å². The van der Waals surface area contributed by atoms with Crippen LogP contribution in [0.15, 0.2) is 30.3 Å². The average Bonchev–Trinajstić information content (AvgIpc) is 3.72. The van der Waals surface area contributed by atoms with Crippen molar-refractivity contribution < 1.29 is 43.3 Å². The van der Waals surface area contributed by atoms with Crippen LogP contribution in [0.3, 0.4) is 0 Å². The molecule has 10 atom stereocenters. The number of rotatable bonds is 25. The van der Waals surface area contributed by atoms with Crippen molar-refractivity contribution in [2.75, 3.05) is 41.4 Å². The zero-order valence-electron chi connectivity index (χ0n) is 40.1. The van der Waals surface area contributed by atoms with E-state index in [-0.39, 0.29) is 78.5 Å². The van der Waals surface area contributed by atoms with Crippen LogP contribution in [0.2, 0.25) is 0 Å². The second kappa shape index (κ2) is 25.9. The Morgan fingerprint density at radius 3 is 2.00 bits per heavy atom. The maximum atomic E-state index is 14.5. The molecule has 0 saturated carbocycles. The van der Waals surface area contributed by atoms with Crippen molar-refractivity contribution in [1.82, 2.24) is 30.7 Å². The molecule has 0 radical (unpaired) electrons. The third-order valence-corrected chi connectivity index (χ3v) is 12.5. The first-order valence-electron chi connectivity index (χ1n) is 22.6. The van der Waals surface area contributed by atoms with Crippen LogP contribution in [-0.4, -0.2) is 139 Å². The van der Waals surface area contributed by atoms with Gasteiger partial charge in [0.15, 0.2) is 0 Å². The summed E-state index contributed by atoms with van der Waals surface area (Å²) in [5.41, 5.74) is 0.692. The van der Waals surface area contributed by atoms with Crippen LogP contribution in [0.5, 0.6) is 0 Å². The summed E-state index contributed by atoms with van der Waals surface area (Å²) >= 11 is 0. The quantitative estimate of drug-likeness (QED) is 0.111. The molecule has 6 amide bonds. The van der Waals surface area contributed by atoms with Crippen LogP contribution in [0, 0.1) is 29.6 Å². The number of methoxy groups -OCH3 is 2. The van der Waals surface area contributed by atoms with Gasteiger partial charge in [-0.15, -0.1) is 0 Å². The topological polar surface area (TPSA) is 187 Å². The number of hydrogen-bond donors (Lipinski definition) is 4. The highest BCUT2D eigenvalue weighted by molar-refractivity contribution is 5.93. The van der Waals surface area contributed by atoms with E-state index in [4.69, 9.17) is 9.47 Å². The molecule has 0 aromatic heterocycles. The van der Waals surface area contributed by atoms with Crippen molar-refractivity contribution in [3.05, 3.63) is 35.9 Å². The Morgan fingerprint density at radius 1 is 0.839 bits per heavy atom. The number of benzene rings is 1. The third-order valence-electron chi connectivity index (χ3n) is 12.5. The molecule has 0 spiro atoms. The fraction of sp³-hybridized carbons (Fsp3) is 0.745. The number of carbonyl (C=O) groups is 6. The molecule has 0 aliphatic carbocycles. The molecule has 2 rings (SSSR count). The Kier molecular flexibility index (Phi) is 22.6. The number of amides is 6. The van der Waals surface area contributed by atoms with E-state index < -0.39 is 54.3 Å². The van der Waals surface area contributed by atoms with Gasteiger partial charge in [-0.25, -0.2) is 0 Å². The van der Waals surface area contributed by atoms with Crippen LogP contribution < -0.4 is 16.0 Å². The fourth-order valence-electron chi connectivity index (χ4n) is 8.54. The summed E-state index contributed by atoms with van der Waals surface area (Å²) in [5.74, 6) is -2.98. The van der Waals surface area contributed by atoms with Gasteiger partial charge in [-0.1, -0.05) is 99.1 Å². The normalized spacial score (nSPS) is 18.5. The number of likely N-dealkylation sites (N-methyl/N-ethyl adjacent to an activating group) is 2. The van der Waals surface area contributed by atoms with Crippen molar-refractivity contribution in [3.63, 3.8) is 0 Å². The molecule has 1 fully saturated rings. The number of likely N-dealkylation sites (tertiary alicyclic amines) is 1. The van der Waals surface area contributed by atoms with Crippen molar-refractivity contribution in [2.24, 2.45) is 29.6 Å². The van der Waals surface area contributed by atoms with E-state index in [0.29, 0.717) is 31.5 Å². The summed E-state index contributed by atoms with van der Waals surface area (Å²) in [4.78, 5) is 86.6. The zero-order valence-corrected chi connectivity index (χ0v) is 40.1. The lowest BCUT2D eigenvalue weighted by atomic mass is 9.89. The minimum Gasteiger partial charge on any atom is -0.386 e. The molecule has 1 aromatic carbocycles. The highest BCUT2D eigenvalue weighted by Gasteiger charge is 2.43. The number of aliphatic hydroxyl groups is 1. The van der Waals surface area contributed by atoms with Gasteiger partial charge in [-0.05, 0) is 49.0 Å². The number of nitrogens with one attached hydrogen (secondary N) is 3. The van der Waals surface area contributed by atoms with Crippen LogP contribution >= 0.6 is 0 Å². The summed E-state index contributed by atoms with van der Waals surface area (Å²) in [7, 11) is 6.28. The maximum absolute atomic E-state index is 14.5. The molecular formula is C47H80N6O9. The predicted octanol–water partition coefficient (Wildman–Crippen LogP) is 4.32. The lowest BCUT2D eigenvalue weighted by Gasteiger charge is -2.41. The van der Waals surface area contributed by atoms with Crippen LogP contribution in [0.4, 0.5) is 0 Å². The molecule has 1 aliphatic heterocycles.